The molecule has 158 valence electrons. The molecule has 8 heteroatoms. The molecule has 1 N–H and O–H groups in total. The molecule has 0 radical (unpaired) electrons. The predicted molar refractivity (Wildman–Crippen MR) is 106 cm³/mol. The third-order valence-electron chi connectivity index (χ3n) is 5.21. The van der Waals surface area contributed by atoms with Gasteiger partial charge in [-0.2, -0.15) is 0 Å². The summed E-state index contributed by atoms with van der Waals surface area (Å²) in [6.45, 7) is 3.32. The Morgan fingerprint density at radius 1 is 0.966 bits per heavy atom. The SMILES string of the molecule is CC(C)S(=O)(=O)N[C@@H]1CCC[C@@H]1c1ccc(-c2ccc(OC(F)(F)F)cc2)cc1. The summed E-state index contributed by atoms with van der Waals surface area (Å²) in [5, 5.41) is -0.476. The van der Waals surface area contributed by atoms with Crippen molar-refractivity contribution in [2.24, 2.45) is 0 Å². The molecule has 0 bridgehead atoms. The molecule has 0 heterocycles. The summed E-state index contributed by atoms with van der Waals surface area (Å²) < 4.78 is 68.0. The molecule has 3 rings (SSSR count). The monoisotopic (exact) mass is 427 g/mol. The first-order chi connectivity index (χ1) is 13.5. The number of alkyl halides is 3. The first-order valence-electron chi connectivity index (χ1n) is 9.52. The smallest absolute Gasteiger partial charge is 0.406 e. The Balaban J connectivity index is 1.73. The third kappa shape index (κ3) is 5.51. The van der Waals surface area contributed by atoms with Gasteiger partial charge in [0.05, 0.1) is 5.25 Å². The lowest BCUT2D eigenvalue weighted by Gasteiger charge is -2.23. The van der Waals surface area contributed by atoms with Crippen LogP contribution in [-0.2, 0) is 10.0 Å². The van der Waals surface area contributed by atoms with E-state index in [0.29, 0.717) is 0 Å². The van der Waals surface area contributed by atoms with Crippen LogP contribution in [0.1, 0.15) is 44.6 Å². The molecule has 1 saturated carbocycles. The van der Waals surface area contributed by atoms with E-state index in [1.54, 1.807) is 26.0 Å². The second kappa shape index (κ2) is 8.36. The highest BCUT2D eigenvalue weighted by atomic mass is 32.2. The standard InChI is InChI=1S/C21H24F3NO3S/c1-14(2)29(26,27)25-20-5-3-4-19(20)17-8-6-15(7-9-17)16-10-12-18(13-11-16)28-21(22,23)24/h6-14,19-20,25H,3-5H2,1-2H3/t19-,20-/m1/s1. The maximum Gasteiger partial charge on any atom is 0.573 e. The normalized spacial score (nSPS) is 20.2. The Kier molecular flexibility index (Phi) is 6.24. The van der Waals surface area contributed by atoms with E-state index in [0.717, 1.165) is 36.0 Å². The largest absolute Gasteiger partial charge is 0.573 e. The number of sulfonamides is 1. The summed E-state index contributed by atoms with van der Waals surface area (Å²) >= 11 is 0. The molecule has 1 aliphatic carbocycles. The second-order valence-electron chi connectivity index (χ2n) is 7.55. The molecule has 4 nitrogen and oxygen atoms in total. The van der Waals surface area contributed by atoms with Crippen molar-refractivity contribution in [1.82, 2.24) is 4.72 Å². The molecule has 2 aromatic carbocycles. The number of hydrogen-bond donors (Lipinski definition) is 1. The molecule has 0 amide bonds. The van der Waals surface area contributed by atoms with E-state index in [4.69, 9.17) is 0 Å². The van der Waals surface area contributed by atoms with Gasteiger partial charge in [0.2, 0.25) is 10.0 Å². The Labute approximate surface area is 169 Å². The Hall–Kier alpha value is -2.06. The van der Waals surface area contributed by atoms with Gasteiger partial charge in [0, 0.05) is 12.0 Å². The maximum atomic E-state index is 12.3. The van der Waals surface area contributed by atoms with Gasteiger partial charge >= 0.3 is 6.36 Å². The number of hydrogen-bond acceptors (Lipinski definition) is 3. The minimum atomic E-state index is -4.71. The van der Waals surface area contributed by atoms with Crippen LogP contribution in [0.25, 0.3) is 11.1 Å². The molecule has 0 saturated heterocycles. The van der Waals surface area contributed by atoms with E-state index >= 15 is 0 Å². The van der Waals surface area contributed by atoms with Crippen LogP contribution in [0.2, 0.25) is 0 Å². The molecule has 0 spiro atoms. The van der Waals surface area contributed by atoms with Crippen molar-refractivity contribution in [1.29, 1.82) is 0 Å². The van der Waals surface area contributed by atoms with Crippen molar-refractivity contribution in [3.05, 3.63) is 54.1 Å². The van der Waals surface area contributed by atoms with E-state index in [2.05, 4.69) is 9.46 Å². The molecule has 2 aromatic rings. The first kappa shape index (κ1) is 21.6. The van der Waals surface area contributed by atoms with E-state index in [-0.39, 0.29) is 17.7 Å². The molecule has 1 fully saturated rings. The van der Waals surface area contributed by atoms with Crippen LogP contribution in [0.5, 0.6) is 5.75 Å². The van der Waals surface area contributed by atoms with E-state index in [1.807, 2.05) is 24.3 Å². The van der Waals surface area contributed by atoms with Gasteiger partial charge in [-0.3, -0.25) is 0 Å². The summed E-state index contributed by atoms with van der Waals surface area (Å²) in [6, 6.07) is 13.3. The summed E-state index contributed by atoms with van der Waals surface area (Å²) in [5.41, 5.74) is 2.69. The van der Waals surface area contributed by atoms with Crippen molar-refractivity contribution in [3.8, 4) is 16.9 Å². The van der Waals surface area contributed by atoms with Crippen LogP contribution in [0.15, 0.2) is 48.5 Å². The fourth-order valence-corrected chi connectivity index (χ4v) is 4.60. The van der Waals surface area contributed by atoms with Gasteiger partial charge in [-0.25, -0.2) is 13.1 Å². The average Bonchev–Trinajstić information content (AvgIpc) is 3.08. The van der Waals surface area contributed by atoms with E-state index in [1.165, 1.54) is 12.1 Å². The molecule has 2 atom stereocenters. The molecule has 29 heavy (non-hydrogen) atoms. The lowest BCUT2D eigenvalue weighted by Crippen LogP contribution is -2.40. The van der Waals surface area contributed by atoms with Gasteiger partial charge in [-0.15, -0.1) is 13.2 Å². The van der Waals surface area contributed by atoms with Crippen molar-refractivity contribution < 1.29 is 26.3 Å². The topological polar surface area (TPSA) is 55.4 Å². The first-order valence-corrected chi connectivity index (χ1v) is 11.1. The van der Waals surface area contributed by atoms with Crippen molar-refractivity contribution in [3.63, 3.8) is 0 Å². The fraction of sp³-hybridized carbons (Fsp3) is 0.429. The Morgan fingerprint density at radius 2 is 1.52 bits per heavy atom. The molecule has 0 aliphatic heterocycles. The molecule has 0 aromatic heterocycles. The zero-order chi connectivity index (χ0) is 21.2. The second-order valence-corrected chi connectivity index (χ2v) is 9.82. The highest BCUT2D eigenvalue weighted by Gasteiger charge is 2.33. The molecule has 0 unspecified atom stereocenters. The Morgan fingerprint density at radius 3 is 2.03 bits per heavy atom. The van der Waals surface area contributed by atoms with Gasteiger partial charge in [-0.1, -0.05) is 42.8 Å². The quantitative estimate of drug-likeness (QED) is 0.688. The minimum Gasteiger partial charge on any atom is -0.406 e. The average molecular weight is 427 g/mol. The molecule has 1 aliphatic rings. The van der Waals surface area contributed by atoms with Crippen LogP contribution in [-0.4, -0.2) is 26.1 Å². The number of nitrogens with one attached hydrogen (secondary N) is 1. The summed E-state index contributed by atoms with van der Waals surface area (Å²) in [5.74, 6) is -0.149. The predicted octanol–water partition coefficient (Wildman–Crippen LogP) is 5.22. The maximum absolute atomic E-state index is 12.3. The van der Waals surface area contributed by atoms with Crippen molar-refractivity contribution in [2.45, 2.75) is 56.7 Å². The summed E-state index contributed by atoms with van der Waals surface area (Å²) in [4.78, 5) is 0. The lowest BCUT2D eigenvalue weighted by molar-refractivity contribution is -0.274. The van der Waals surface area contributed by atoms with Crippen LogP contribution in [0.3, 0.4) is 0 Å². The van der Waals surface area contributed by atoms with E-state index < -0.39 is 21.6 Å². The highest BCUT2D eigenvalue weighted by Crippen LogP contribution is 2.36. The molecular formula is C21H24F3NO3S. The highest BCUT2D eigenvalue weighted by molar-refractivity contribution is 7.90. The van der Waals surface area contributed by atoms with Crippen LogP contribution in [0.4, 0.5) is 13.2 Å². The summed E-state index contributed by atoms with van der Waals surface area (Å²) in [6.07, 6.45) is -2.04. The van der Waals surface area contributed by atoms with Gasteiger partial charge < -0.3 is 4.74 Å². The third-order valence-corrected chi connectivity index (χ3v) is 7.08. The van der Waals surface area contributed by atoms with Gasteiger partial charge in [0.1, 0.15) is 5.75 Å². The van der Waals surface area contributed by atoms with Gasteiger partial charge in [0.25, 0.3) is 0 Å². The van der Waals surface area contributed by atoms with Crippen molar-refractivity contribution in [2.75, 3.05) is 0 Å². The minimum absolute atomic E-state index is 0.111. The van der Waals surface area contributed by atoms with Gasteiger partial charge in [-0.05, 0) is 55.5 Å². The number of ether oxygens (including phenoxy) is 1. The number of rotatable bonds is 6. The van der Waals surface area contributed by atoms with Crippen molar-refractivity contribution >= 4 is 10.0 Å². The zero-order valence-corrected chi connectivity index (χ0v) is 17.1. The lowest BCUT2D eigenvalue weighted by atomic mass is 9.93. The van der Waals surface area contributed by atoms with Crippen LogP contribution >= 0.6 is 0 Å². The number of benzene rings is 2. The zero-order valence-electron chi connectivity index (χ0n) is 16.2. The van der Waals surface area contributed by atoms with Crippen LogP contribution < -0.4 is 9.46 Å². The number of halogens is 3. The van der Waals surface area contributed by atoms with Gasteiger partial charge in [0.15, 0.2) is 0 Å². The van der Waals surface area contributed by atoms with Crippen LogP contribution in [0, 0.1) is 0 Å². The van der Waals surface area contributed by atoms with E-state index in [9.17, 15) is 21.6 Å². The Bertz CT molecular complexity index is 923. The molecular weight excluding hydrogens is 403 g/mol. The fourth-order valence-electron chi connectivity index (χ4n) is 3.62. The summed E-state index contributed by atoms with van der Waals surface area (Å²) in [7, 11) is -3.33.